The molecule has 2 heterocycles. The maximum Gasteiger partial charge on any atom is 0.230 e. The minimum atomic E-state index is -0.0523. The number of thiazole rings is 1. The van der Waals surface area contributed by atoms with Crippen LogP contribution in [0.15, 0.2) is 5.38 Å². The summed E-state index contributed by atoms with van der Waals surface area (Å²) in [6.45, 7) is 5.79. The highest BCUT2D eigenvalue weighted by atomic mass is 32.1. The fraction of sp³-hybridized carbons (Fsp3) is 0.417. The molecule has 0 atom stereocenters. The molecule has 96 valence electrons. The third kappa shape index (κ3) is 2.59. The predicted octanol–water partition coefficient (Wildman–Crippen LogP) is 1.98. The minimum Gasteiger partial charge on any atom is -0.302 e. The quantitative estimate of drug-likeness (QED) is 0.922. The van der Waals surface area contributed by atoms with Crippen molar-refractivity contribution in [2.45, 2.75) is 27.2 Å². The molecule has 0 saturated carbocycles. The van der Waals surface area contributed by atoms with Crippen LogP contribution in [-0.2, 0) is 18.3 Å². The molecule has 1 N–H and O–H groups in total. The minimum absolute atomic E-state index is 0.0523. The van der Waals surface area contributed by atoms with E-state index in [1.54, 1.807) is 4.68 Å². The maximum absolute atomic E-state index is 11.9. The molecule has 1 amide bonds. The van der Waals surface area contributed by atoms with Gasteiger partial charge < -0.3 is 5.32 Å². The van der Waals surface area contributed by atoms with Crippen molar-refractivity contribution >= 4 is 22.4 Å². The number of aryl methyl sites for hydroxylation is 3. The van der Waals surface area contributed by atoms with Gasteiger partial charge in [-0.2, -0.15) is 5.10 Å². The molecular formula is C12H16N4OS. The number of rotatable bonds is 3. The molecule has 5 nitrogen and oxygen atoms in total. The molecule has 2 rings (SSSR count). The largest absolute Gasteiger partial charge is 0.302 e. The lowest BCUT2D eigenvalue weighted by atomic mass is 10.1. The standard InChI is InChI=1S/C12H16N4OS/c1-7-6-18-12(13-7)14-11(17)5-10-8(2)15-16(4)9(10)3/h6H,5H2,1-4H3,(H,13,14,17). The number of nitrogens with zero attached hydrogens (tertiary/aromatic N) is 3. The molecule has 0 bridgehead atoms. The predicted molar refractivity (Wildman–Crippen MR) is 71.9 cm³/mol. The summed E-state index contributed by atoms with van der Waals surface area (Å²) >= 11 is 1.44. The van der Waals surface area contributed by atoms with Gasteiger partial charge in [-0.15, -0.1) is 11.3 Å². The second kappa shape index (κ2) is 4.89. The van der Waals surface area contributed by atoms with E-state index in [4.69, 9.17) is 0 Å². The van der Waals surface area contributed by atoms with E-state index in [1.165, 1.54) is 11.3 Å². The molecule has 0 unspecified atom stereocenters. The van der Waals surface area contributed by atoms with Gasteiger partial charge in [0.1, 0.15) is 0 Å². The van der Waals surface area contributed by atoms with Gasteiger partial charge in [0.15, 0.2) is 5.13 Å². The van der Waals surface area contributed by atoms with Gasteiger partial charge in [0.25, 0.3) is 0 Å². The van der Waals surface area contributed by atoms with Crippen LogP contribution in [0.25, 0.3) is 0 Å². The Morgan fingerprint density at radius 1 is 1.44 bits per heavy atom. The van der Waals surface area contributed by atoms with Crippen LogP contribution in [0.4, 0.5) is 5.13 Å². The fourth-order valence-electron chi connectivity index (χ4n) is 1.81. The first-order valence-electron chi connectivity index (χ1n) is 5.68. The molecule has 0 aliphatic heterocycles. The molecule has 6 heteroatoms. The monoisotopic (exact) mass is 264 g/mol. The first-order valence-corrected chi connectivity index (χ1v) is 6.56. The Hall–Kier alpha value is -1.69. The van der Waals surface area contributed by atoms with Gasteiger partial charge >= 0.3 is 0 Å². The highest BCUT2D eigenvalue weighted by molar-refractivity contribution is 7.13. The van der Waals surface area contributed by atoms with Crippen LogP contribution in [0.3, 0.4) is 0 Å². The zero-order chi connectivity index (χ0) is 13.3. The first-order chi connectivity index (χ1) is 8.47. The van der Waals surface area contributed by atoms with Crippen molar-refractivity contribution in [1.82, 2.24) is 14.8 Å². The van der Waals surface area contributed by atoms with E-state index >= 15 is 0 Å². The Morgan fingerprint density at radius 3 is 2.67 bits per heavy atom. The zero-order valence-corrected chi connectivity index (χ0v) is 11.8. The molecule has 2 aromatic rings. The van der Waals surface area contributed by atoms with Gasteiger partial charge in [-0.25, -0.2) is 4.98 Å². The molecule has 2 aromatic heterocycles. The van der Waals surface area contributed by atoms with E-state index < -0.39 is 0 Å². The Morgan fingerprint density at radius 2 is 2.17 bits per heavy atom. The number of hydrogen-bond acceptors (Lipinski definition) is 4. The van der Waals surface area contributed by atoms with Crippen LogP contribution < -0.4 is 5.32 Å². The van der Waals surface area contributed by atoms with Crippen LogP contribution in [-0.4, -0.2) is 20.7 Å². The summed E-state index contributed by atoms with van der Waals surface area (Å²) in [6.07, 6.45) is 0.337. The lowest BCUT2D eigenvalue weighted by Crippen LogP contribution is -2.15. The van der Waals surface area contributed by atoms with Crippen molar-refractivity contribution < 1.29 is 4.79 Å². The normalized spacial score (nSPS) is 10.7. The fourth-order valence-corrected chi connectivity index (χ4v) is 2.51. The van der Waals surface area contributed by atoms with Gasteiger partial charge in [0, 0.05) is 23.7 Å². The molecule has 0 aromatic carbocycles. The zero-order valence-electron chi connectivity index (χ0n) is 10.9. The molecule has 0 fully saturated rings. The average molecular weight is 264 g/mol. The van der Waals surface area contributed by atoms with Gasteiger partial charge in [-0.05, 0) is 20.8 Å². The lowest BCUT2D eigenvalue weighted by molar-refractivity contribution is -0.115. The van der Waals surface area contributed by atoms with Gasteiger partial charge in [-0.1, -0.05) is 0 Å². The third-order valence-corrected chi connectivity index (χ3v) is 3.74. The van der Waals surface area contributed by atoms with E-state index in [-0.39, 0.29) is 5.91 Å². The number of hydrogen-bond donors (Lipinski definition) is 1. The molecular weight excluding hydrogens is 248 g/mol. The average Bonchev–Trinajstić information content (AvgIpc) is 2.78. The summed E-state index contributed by atoms with van der Waals surface area (Å²) in [5.74, 6) is -0.0523. The van der Waals surface area contributed by atoms with Crippen LogP contribution in [0.5, 0.6) is 0 Å². The Balaban J connectivity index is 2.07. The van der Waals surface area contributed by atoms with Crippen LogP contribution in [0.2, 0.25) is 0 Å². The van der Waals surface area contributed by atoms with Crippen molar-refractivity contribution in [3.05, 3.63) is 28.0 Å². The Kier molecular flexibility index (Phi) is 3.47. The van der Waals surface area contributed by atoms with Crippen LogP contribution >= 0.6 is 11.3 Å². The number of anilines is 1. The van der Waals surface area contributed by atoms with Crippen molar-refractivity contribution in [3.8, 4) is 0 Å². The molecule has 18 heavy (non-hydrogen) atoms. The number of carbonyl (C=O) groups is 1. The van der Waals surface area contributed by atoms with E-state index in [0.29, 0.717) is 11.6 Å². The van der Waals surface area contributed by atoms with E-state index in [2.05, 4.69) is 15.4 Å². The number of nitrogens with one attached hydrogen (secondary N) is 1. The summed E-state index contributed by atoms with van der Waals surface area (Å²) in [5, 5.41) is 9.67. The Bertz CT molecular complexity index is 585. The second-order valence-electron chi connectivity index (χ2n) is 4.29. The Labute approximate surface area is 110 Å². The summed E-state index contributed by atoms with van der Waals surface area (Å²) in [4.78, 5) is 16.1. The molecule has 0 radical (unpaired) electrons. The van der Waals surface area contributed by atoms with E-state index in [0.717, 1.165) is 22.6 Å². The second-order valence-corrected chi connectivity index (χ2v) is 5.15. The first kappa shape index (κ1) is 12.8. The summed E-state index contributed by atoms with van der Waals surface area (Å²) in [7, 11) is 1.88. The van der Waals surface area contributed by atoms with E-state index in [1.807, 2.05) is 33.2 Å². The van der Waals surface area contributed by atoms with Crippen molar-refractivity contribution in [2.75, 3.05) is 5.32 Å². The van der Waals surface area contributed by atoms with E-state index in [9.17, 15) is 4.79 Å². The van der Waals surface area contributed by atoms with Crippen molar-refractivity contribution in [2.24, 2.45) is 7.05 Å². The summed E-state index contributed by atoms with van der Waals surface area (Å²) in [5.41, 5.74) is 3.84. The summed E-state index contributed by atoms with van der Waals surface area (Å²) < 4.78 is 1.80. The van der Waals surface area contributed by atoms with Gasteiger partial charge in [-0.3, -0.25) is 9.48 Å². The SMILES string of the molecule is Cc1csc(NC(=O)Cc2c(C)nn(C)c2C)n1. The van der Waals surface area contributed by atoms with Gasteiger partial charge in [0.2, 0.25) is 5.91 Å². The maximum atomic E-state index is 11.9. The molecule has 0 aliphatic carbocycles. The van der Waals surface area contributed by atoms with Crippen molar-refractivity contribution in [1.29, 1.82) is 0 Å². The lowest BCUT2D eigenvalue weighted by Gasteiger charge is -2.02. The number of aromatic nitrogens is 3. The van der Waals surface area contributed by atoms with Crippen LogP contribution in [0.1, 0.15) is 22.6 Å². The smallest absolute Gasteiger partial charge is 0.230 e. The number of amides is 1. The van der Waals surface area contributed by atoms with Crippen LogP contribution in [0, 0.1) is 20.8 Å². The molecule has 0 spiro atoms. The highest BCUT2D eigenvalue weighted by Crippen LogP contribution is 2.16. The topological polar surface area (TPSA) is 59.8 Å². The third-order valence-electron chi connectivity index (χ3n) is 2.86. The summed E-state index contributed by atoms with van der Waals surface area (Å²) in [6, 6.07) is 0. The van der Waals surface area contributed by atoms with Gasteiger partial charge in [0.05, 0.1) is 17.8 Å². The van der Waals surface area contributed by atoms with Crippen molar-refractivity contribution in [3.63, 3.8) is 0 Å². The highest BCUT2D eigenvalue weighted by Gasteiger charge is 2.14. The molecule has 0 aliphatic rings. The number of carbonyl (C=O) groups excluding carboxylic acids is 1. The molecule has 0 saturated heterocycles.